The second-order valence-electron chi connectivity index (χ2n) is 6.61. The molecule has 0 spiro atoms. The minimum atomic E-state index is -3.61. The Morgan fingerprint density at radius 2 is 1.84 bits per heavy atom. The van der Waals surface area contributed by atoms with Crippen LogP contribution >= 0.6 is 22.9 Å². The van der Waals surface area contributed by atoms with Gasteiger partial charge in [0.15, 0.2) is 11.6 Å². The SMILES string of the molecule is Cc1sc(S(=O)(=O)NC(C)(C)C)cc1CNc1cc(F)c(F)c(Cl)c1. The molecule has 0 atom stereocenters. The Labute approximate surface area is 155 Å². The molecule has 2 rings (SSSR count). The highest BCUT2D eigenvalue weighted by molar-refractivity contribution is 7.91. The first kappa shape index (κ1) is 20.1. The quantitative estimate of drug-likeness (QED) is 0.706. The summed E-state index contributed by atoms with van der Waals surface area (Å²) in [6.45, 7) is 7.35. The summed E-state index contributed by atoms with van der Waals surface area (Å²) in [7, 11) is -3.61. The molecule has 1 aromatic carbocycles. The van der Waals surface area contributed by atoms with E-state index >= 15 is 0 Å². The number of anilines is 1. The van der Waals surface area contributed by atoms with Crippen LogP contribution in [0.25, 0.3) is 0 Å². The number of halogens is 3. The molecule has 1 heterocycles. The van der Waals surface area contributed by atoms with Crippen molar-refractivity contribution in [2.75, 3.05) is 5.32 Å². The Kier molecular flexibility index (Phi) is 5.78. The van der Waals surface area contributed by atoms with Crippen molar-refractivity contribution in [3.63, 3.8) is 0 Å². The highest BCUT2D eigenvalue weighted by Gasteiger charge is 2.24. The second kappa shape index (κ2) is 7.19. The minimum absolute atomic E-state index is 0.208. The summed E-state index contributed by atoms with van der Waals surface area (Å²) in [4.78, 5) is 0.815. The van der Waals surface area contributed by atoms with Crippen molar-refractivity contribution >= 4 is 38.6 Å². The molecule has 1 aromatic heterocycles. The van der Waals surface area contributed by atoms with Crippen LogP contribution in [0.5, 0.6) is 0 Å². The number of sulfonamides is 1. The van der Waals surface area contributed by atoms with Crippen LogP contribution in [0.2, 0.25) is 5.02 Å². The van der Waals surface area contributed by atoms with E-state index in [4.69, 9.17) is 11.6 Å². The van der Waals surface area contributed by atoms with Crippen LogP contribution in [-0.4, -0.2) is 14.0 Å². The molecule has 0 saturated heterocycles. The average molecular weight is 409 g/mol. The van der Waals surface area contributed by atoms with Gasteiger partial charge in [0.25, 0.3) is 10.0 Å². The van der Waals surface area contributed by atoms with Crippen molar-refractivity contribution in [3.05, 3.63) is 45.3 Å². The van der Waals surface area contributed by atoms with Gasteiger partial charge in [-0.25, -0.2) is 21.9 Å². The highest BCUT2D eigenvalue weighted by Crippen LogP contribution is 2.28. The lowest BCUT2D eigenvalue weighted by atomic mass is 10.1. The summed E-state index contributed by atoms with van der Waals surface area (Å²) >= 11 is 6.77. The van der Waals surface area contributed by atoms with E-state index in [-0.39, 0.29) is 15.8 Å². The fourth-order valence-electron chi connectivity index (χ4n) is 2.11. The average Bonchev–Trinajstić information content (AvgIpc) is 2.82. The zero-order chi connectivity index (χ0) is 19.0. The number of thiophene rings is 1. The monoisotopic (exact) mass is 408 g/mol. The normalized spacial score (nSPS) is 12.4. The molecule has 9 heteroatoms. The molecule has 0 amide bonds. The number of hydrogen-bond donors (Lipinski definition) is 2. The maximum Gasteiger partial charge on any atom is 0.250 e. The number of aryl methyl sites for hydroxylation is 1. The molecule has 0 radical (unpaired) electrons. The van der Waals surface area contributed by atoms with Crippen LogP contribution in [0.3, 0.4) is 0 Å². The standard InChI is InChI=1S/C16H19ClF2N2O2S2/c1-9-10(5-14(24-9)25(22,23)21-16(2,3)4)8-20-11-6-12(17)15(19)13(18)7-11/h5-7,20-21H,8H2,1-4H3. The van der Waals surface area contributed by atoms with E-state index in [1.807, 2.05) is 0 Å². The Bertz CT molecular complexity index is 867. The van der Waals surface area contributed by atoms with Gasteiger partial charge in [0.1, 0.15) is 4.21 Å². The molecule has 0 unspecified atom stereocenters. The third-order valence-corrected chi connectivity index (χ3v) is 6.77. The Morgan fingerprint density at radius 3 is 2.40 bits per heavy atom. The van der Waals surface area contributed by atoms with Crippen molar-refractivity contribution in [1.29, 1.82) is 0 Å². The zero-order valence-electron chi connectivity index (χ0n) is 14.2. The van der Waals surface area contributed by atoms with Gasteiger partial charge in [-0.05, 0) is 45.4 Å². The lowest BCUT2D eigenvalue weighted by Gasteiger charge is -2.19. The Balaban J connectivity index is 2.19. The molecule has 2 aromatic rings. The summed E-state index contributed by atoms with van der Waals surface area (Å²) in [6, 6.07) is 3.85. The van der Waals surface area contributed by atoms with Gasteiger partial charge in [0.2, 0.25) is 0 Å². The lowest BCUT2D eigenvalue weighted by molar-refractivity contribution is 0.492. The first-order valence-corrected chi connectivity index (χ1v) is 10.1. The van der Waals surface area contributed by atoms with Crippen LogP contribution in [0.4, 0.5) is 14.5 Å². The molecule has 0 bridgehead atoms. The smallest absolute Gasteiger partial charge is 0.250 e. The van der Waals surface area contributed by atoms with Gasteiger partial charge in [-0.15, -0.1) is 11.3 Å². The maximum absolute atomic E-state index is 13.4. The highest BCUT2D eigenvalue weighted by atomic mass is 35.5. The van der Waals surface area contributed by atoms with Crippen molar-refractivity contribution in [3.8, 4) is 0 Å². The summed E-state index contributed by atoms with van der Waals surface area (Å²) in [5.74, 6) is -2.14. The van der Waals surface area contributed by atoms with Gasteiger partial charge in [-0.2, -0.15) is 0 Å². The van der Waals surface area contributed by atoms with Gasteiger partial charge in [-0.3, -0.25) is 0 Å². The van der Waals surface area contributed by atoms with E-state index in [1.165, 1.54) is 6.07 Å². The fraction of sp³-hybridized carbons (Fsp3) is 0.375. The first-order valence-electron chi connectivity index (χ1n) is 7.41. The molecule has 0 fully saturated rings. The van der Waals surface area contributed by atoms with Gasteiger partial charge < -0.3 is 5.32 Å². The summed E-state index contributed by atoms with van der Waals surface area (Å²) in [6.07, 6.45) is 0. The van der Waals surface area contributed by atoms with Crippen LogP contribution in [0.15, 0.2) is 22.4 Å². The van der Waals surface area contributed by atoms with Crippen molar-refractivity contribution < 1.29 is 17.2 Å². The second-order valence-corrected chi connectivity index (χ2v) is 10.2. The third kappa shape index (κ3) is 5.13. The van der Waals surface area contributed by atoms with Crippen LogP contribution in [0.1, 0.15) is 31.2 Å². The van der Waals surface area contributed by atoms with E-state index in [2.05, 4.69) is 10.0 Å². The molecule has 138 valence electrons. The van der Waals surface area contributed by atoms with Gasteiger partial charge in [-0.1, -0.05) is 11.6 Å². The molecule has 4 nitrogen and oxygen atoms in total. The van der Waals surface area contributed by atoms with Crippen LogP contribution < -0.4 is 10.0 Å². The van der Waals surface area contributed by atoms with Gasteiger partial charge in [0.05, 0.1) is 5.02 Å². The number of benzene rings is 1. The predicted octanol–water partition coefficient (Wildman–Crippen LogP) is 4.68. The zero-order valence-corrected chi connectivity index (χ0v) is 16.6. The Morgan fingerprint density at radius 1 is 1.20 bits per heavy atom. The van der Waals surface area contributed by atoms with E-state index in [0.717, 1.165) is 27.8 Å². The molecule has 0 aliphatic carbocycles. The summed E-state index contributed by atoms with van der Waals surface area (Å²) in [5, 5.41) is 2.61. The molecule has 0 saturated carbocycles. The molecule has 0 aliphatic rings. The van der Waals surface area contributed by atoms with Crippen molar-refractivity contribution in [2.45, 2.75) is 44.0 Å². The van der Waals surface area contributed by atoms with Crippen molar-refractivity contribution in [1.82, 2.24) is 4.72 Å². The number of rotatable bonds is 5. The van der Waals surface area contributed by atoms with Crippen LogP contribution in [-0.2, 0) is 16.6 Å². The molecule has 25 heavy (non-hydrogen) atoms. The number of nitrogens with one attached hydrogen (secondary N) is 2. The van der Waals surface area contributed by atoms with Crippen molar-refractivity contribution in [2.24, 2.45) is 0 Å². The summed E-state index contributed by atoms with van der Waals surface area (Å²) in [5.41, 5.74) is 0.476. The molecular formula is C16H19ClF2N2O2S2. The van der Waals surface area contributed by atoms with Crippen LogP contribution in [0, 0.1) is 18.6 Å². The van der Waals surface area contributed by atoms with E-state index < -0.39 is 27.2 Å². The van der Waals surface area contributed by atoms with E-state index in [9.17, 15) is 17.2 Å². The minimum Gasteiger partial charge on any atom is -0.381 e. The van der Waals surface area contributed by atoms with Gasteiger partial charge >= 0.3 is 0 Å². The summed E-state index contributed by atoms with van der Waals surface area (Å²) < 4.78 is 54.2. The third-order valence-electron chi connectivity index (χ3n) is 3.17. The van der Waals surface area contributed by atoms with Gasteiger partial charge in [0, 0.05) is 28.7 Å². The van der Waals surface area contributed by atoms with E-state index in [0.29, 0.717) is 5.69 Å². The van der Waals surface area contributed by atoms with E-state index in [1.54, 1.807) is 33.8 Å². The largest absolute Gasteiger partial charge is 0.381 e. The molecular weight excluding hydrogens is 390 g/mol. The fourth-order valence-corrected chi connectivity index (χ4v) is 5.22. The number of hydrogen-bond acceptors (Lipinski definition) is 4. The maximum atomic E-state index is 13.4. The Hall–Kier alpha value is -1.22. The first-order chi connectivity index (χ1) is 11.4. The topological polar surface area (TPSA) is 58.2 Å². The predicted molar refractivity (Wildman–Crippen MR) is 97.8 cm³/mol. The molecule has 0 aliphatic heterocycles. The lowest BCUT2D eigenvalue weighted by Crippen LogP contribution is -2.40. The molecule has 2 N–H and O–H groups in total.